The molecule has 626 valence electrons. The first-order chi connectivity index (χ1) is 56.6. The molecule has 5 amide bonds. The van der Waals surface area contributed by atoms with Gasteiger partial charge in [-0.1, -0.05) is 156 Å². The van der Waals surface area contributed by atoms with Gasteiger partial charge in [-0.15, -0.1) is 0 Å². The predicted octanol–water partition coefficient (Wildman–Crippen LogP) is 21.3. The highest BCUT2D eigenvalue weighted by Gasteiger charge is 2.30. The molecule has 3 atom stereocenters. The second-order valence-electron chi connectivity index (χ2n) is 29.0. The average molecular weight is 1700 g/mol. The van der Waals surface area contributed by atoms with E-state index in [0.717, 1.165) is 115 Å². The lowest BCUT2D eigenvalue weighted by Gasteiger charge is -2.39. The monoisotopic (exact) mass is 1700 g/mol. The molecule has 0 radical (unpaired) electrons. The summed E-state index contributed by atoms with van der Waals surface area (Å²) in [6.45, 7) is 15.5. The van der Waals surface area contributed by atoms with E-state index < -0.39 is 12.7 Å². The van der Waals surface area contributed by atoms with E-state index in [4.69, 9.17) is 86.8 Å². The Morgan fingerprint density at radius 3 is 0.992 bits per heavy atom. The Hall–Kier alpha value is -9.28. The normalized spacial score (nSPS) is 13.1. The molecule has 1 fully saturated rings. The van der Waals surface area contributed by atoms with Crippen molar-refractivity contribution in [2.24, 2.45) is 0 Å². The Kier molecular flexibility index (Phi) is 39.6. The lowest BCUT2D eigenvalue weighted by atomic mass is 9.94. The van der Waals surface area contributed by atoms with E-state index in [-0.39, 0.29) is 54.2 Å². The van der Waals surface area contributed by atoms with E-state index in [1.54, 1.807) is 69.4 Å². The topological polar surface area (TPSA) is 197 Å². The number of benzene rings is 10. The van der Waals surface area contributed by atoms with Crippen molar-refractivity contribution in [3.05, 3.63) is 293 Å². The summed E-state index contributed by atoms with van der Waals surface area (Å²) in [6.07, 6.45) is 3.31. The summed E-state index contributed by atoms with van der Waals surface area (Å²) in [6, 6.07) is 67.4. The van der Waals surface area contributed by atoms with Crippen LogP contribution in [-0.4, -0.2) is 167 Å². The molecule has 1 aliphatic heterocycles. The SMILES string of the molecule is CCCN(C)C(=O)c1ccc(-c2ccc(Cl)cc2)c(COC)c1.CCN(C)C(=O)c1ccc(-c2ccc(Cl)cc2)c(COC)c1.COCc1cc(C(=O)N(C)C(C)C)ccc1-c1ccc(Cl)cc1.COCc1cc(C(=O)N2[C@H](C)CCC[C@@H]2C)ccc1-c1ccc(Cl)cc1.COCc1cc(C(=O)NCC(O)CO)ccc1-c1ccc(Cl)cc1. The molecule has 1 heterocycles. The molecular weight excluding hydrogens is 1590 g/mol. The van der Waals surface area contributed by atoms with E-state index in [1.165, 1.54) is 6.42 Å². The van der Waals surface area contributed by atoms with Crippen LogP contribution >= 0.6 is 58.0 Å². The maximum Gasteiger partial charge on any atom is 0.254 e. The smallest absolute Gasteiger partial charge is 0.254 e. The van der Waals surface area contributed by atoms with E-state index in [1.807, 2.05) is 240 Å². The number of carbonyl (C=O) groups is 5. The van der Waals surface area contributed by atoms with Crippen LogP contribution in [0.1, 0.15) is 147 Å². The number of nitrogens with zero attached hydrogens (tertiary/aromatic N) is 4. The zero-order valence-electron chi connectivity index (χ0n) is 69.9. The maximum atomic E-state index is 13.1. The zero-order chi connectivity index (χ0) is 86.1. The Labute approximate surface area is 721 Å². The summed E-state index contributed by atoms with van der Waals surface area (Å²) in [5.41, 5.74) is 18.5. The van der Waals surface area contributed by atoms with Crippen molar-refractivity contribution >= 4 is 87.5 Å². The molecule has 1 aliphatic rings. The van der Waals surface area contributed by atoms with Gasteiger partial charge in [0.25, 0.3) is 29.5 Å². The van der Waals surface area contributed by atoms with Gasteiger partial charge in [0.2, 0.25) is 0 Å². The number of likely N-dealkylation sites (tertiary alicyclic amines) is 1. The number of amides is 5. The minimum atomic E-state index is -0.972. The van der Waals surface area contributed by atoms with Crippen molar-refractivity contribution in [3.8, 4) is 55.6 Å². The molecule has 0 bridgehead atoms. The number of nitrogens with one attached hydrogen (secondary N) is 1. The molecule has 1 unspecified atom stereocenters. The standard InChI is InChI=1S/C22H26ClNO2.2C19H22ClNO2.C18H20ClNO4.C18H20ClNO2/c1-15-5-4-6-16(2)24(15)22(25)18-9-12-21(19(13-18)14-26-3)17-7-10-20(23)11-8-17;1-13(2)21(3)19(22)15-7-10-18(16(11-15)12-23-4)14-5-8-17(20)9-6-14;1-4-11-21(2)19(22)15-7-10-18(16(12-15)13-23-3)14-5-8-17(20)9-6-14;1-24-11-14-8-13(18(23)20-9-16(22)10-21)4-7-17(14)12-2-5-15(19)6-3-12;1-4-20(2)18(21)14-7-10-17(15(11-14)12-22-3)13-5-8-16(19)9-6-13/h7-13,15-16H,4-6,14H2,1-3H3;5-11,13H,12H2,1-4H3;5-10,12H,4,11,13H2,1-3H3;2-8,16,21-22H,9-11H2,1H3,(H,20,23);5-11H,4,12H2,1-3H3/t15-,16+;;;;. The van der Waals surface area contributed by atoms with E-state index in [0.29, 0.717) is 86.9 Å². The fraction of sp³-hybridized carbons (Fsp3) is 0.323. The van der Waals surface area contributed by atoms with Crippen LogP contribution in [0, 0.1) is 0 Å². The molecule has 0 aliphatic carbocycles. The van der Waals surface area contributed by atoms with Gasteiger partial charge in [0.05, 0.1) is 45.7 Å². The molecule has 0 saturated carbocycles. The lowest BCUT2D eigenvalue weighted by molar-refractivity contribution is 0.0509. The van der Waals surface area contributed by atoms with Crippen LogP contribution in [-0.2, 0) is 56.7 Å². The van der Waals surface area contributed by atoms with E-state index in [9.17, 15) is 29.1 Å². The number of piperidine rings is 1. The van der Waals surface area contributed by atoms with Crippen LogP contribution in [0.25, 0.3) is 55.6 Å². The maximum absolute atomic E-state index is 13.1. The molecule has 17 nitrogen and oxygen atoms in total. The third kappa shape index (κ3) is 27.9. The minimum Gasteiger partial charge on any atom is -0.394 e. The van der Waals surface area contributed by atoms with Crippen LogP contribution in [0.15, 0.2) is 212 Å². The van der Waals surface area contributed by atoms with E-state index in [2.05, 4.69) is 26.1 Å². The van der Waals surface area contributed by atoms with Crippen molar-refractivity contribution in [2.45, 2.75) is 124 Å². The summed E-state index contributed by atoms with van der Waals surface area (Å²) in [5.74, 6) is -0.137. The number of halogens is 5. The van der Waals surface area contributed by atoms with Crippen molar-refractivity contribution in [2.75, 3.05) is 82.9 Å². The van der Waals surface area contributed by atoms with Gasteiger partial charge in [0.15, 0.2) is 0 Å². The summed E-state index contributed by atoms with van der Waals surface area (Å²) in [5, 5.41) is 24.2. The van der Waals surface area contributed by atoms with Gasteiger partial charge in [-0.25, -0.2) is 0 Å². The van der Waals surface area contributed by atoms with Crippen molar-refractivity contribution in [1.29, 1.82) is 0 Å². The molecule has 3 N–H and O–H groups in total. The minimum absolute atomic E-state index is 0.00607. The van der Waals surface area contributed by atoms with Crippen LogP contribution in [0.3, 0.4) is 0 Å². The first-order valence-corrected chi connectivity index (χ1v) is 41.1. The molecule has 10 aromatic rings. The lowest BCUT2D eigenvalue weighted by Crippen LogP contribution is -2.47. The fourth-order valence-electron chi connectivity index (χ4n) is 13.4. The van der Waals surface area contributed by atoms with Crippen molar-refractivity contribution < 1.29 is 57.9 Å². The second kappa shape index (κ2) is 48.7. The molecule has 0 aromatic heterocycles. The van der Waals surface area contributed by atoms with Crippen LogP contribution in [0.5, 0.6) is 0 Å². The number of aliphatic hydroxyl groups excluding tert-OH is 2. The number of hydrogen-bond donors (Lipinski definition) is 3. The quantitative estimate of drug-likeness (QED) is 0.0441. The molecule has 11 rings (SSSR count). The van der Waals surface area contributed by atoms with Crippen molar-refractivity contribution in [1.82, 2.24) is 24.9 Å². The number of hydrogen-bond acceptors (Lipinski definition) is 12. The number of ether oxygens (including phenoxy) is 5. The van der Waals surface area contributed by atoms with Crippen LogP contribution in [0.2, 0.25) is 25.1 Å². The van der Waals surface area contributed by atoms with Gasteiger partial charge >= 0.3 is 0 Å². The van der Waals surface area contributed by atoms with Gasteiger partial charge in [-0.05, 0) is 265 Å². The summed E-state index contributed by atoms with van der Waals surface area (Å²) in [7, 11) is 13.7. The first-order valence-electron chi connectivity index (χ1n) is 39.2. The van der Waals surface area contributed by atoms with Crippen LogP contribution < -0.4 is 5.32 Å². The number of carbonyl (C=O) groups excluding carboxylic acids is 5. The average Bonchev–Trinajstić information content (AvgIpc) is 0.807. The summed E-state index contributed by atoms with van der Waals surface area (Å²) in [4.78, 5) is 69.7. The van der Waals surface area contributed by atoms with Gasteiger partial charge in [-0.2, -0.15) is 0 Å². The van der Waals surface area contributed by atoms with Gasteiger partial charge in [-0.3, -0.25) is 24.0 Å². The fourth-order valence-corrected chi connectivity index (χ4v) is 14.0. The Morgan fingerprint density at radius 1 is 0.424 bits per heavy atom. The van der Waals surface area contributed by atoms with Gasteiger partial charge < -0.3 is 58.8 Å². The molecule has 22 heteroatoms. The summed E-state index contributed by atoms with van der Waals surface area (Å²) >= 11 is 29.8. The third-order valence-electron chi connectivity index (χ3n) is 20.0. The predicted molar refractivity (Wildman–Crippen MR) is 479 cm³/mol. The highest BCUT2D eigenvalue weighted by Crippen LogP contribution is 2.35. The Morgan fingerprint density at radius 2 is 0.703 bits per heavy atom. The zero-order valence-corrected chi connectivity index (χ0v) is 73.6. The molecule has 10 aromatic carbocycles. The molecule has 1 saturated heterocycles. The summed E-state index contributed by atoms with van der Waals surface area (Å²) < 4.78 is 26.5. The van der Waals surface area contributed by atoms with Gasteiger partial charge in [0.1, 0.15) is 0 Å². The number of rotatable bonds is 27. The first kappa shape index (κ1) is 95.9. The third-order valence-corrected chi connectivity index (χ3v) is 21.3. The molecule has 0 spiro atoms. The second-order valence-corrected chi connectivity index (χ2v) is 31.2. The highest BCUT2D eigenvalue weighted by molar-refractivity contribution is 6.32. The van der Waals surface area contributed by atoms with Gasteiger partial charge in [0, 0.05) is 147 Å². The largest absolute Gasteiger partial charge is 0.394 e. The van der Waals surface area contributed by atoms with Crippen molar-refractivity contribution in [3.63, 3.8) is 0 Å². The Bertz CT molecular complexity index is 4870. The Balaban J connectivity index is 0.000000204. The van der Waals surface area contributed by atoms with E-state index >= 15 is 0 Å². The number of aliphatic hydroxyl groups is 2. The van der Waals surface area contributed by atoms with Crippen LogP contribution in [0.4, 0.5) is 0 Å². The highest BCUT2D eigenvalue weighted by atomic mass is 35.5. The molecule has 118 heavy (non-hydrogen) atoms. The molecular formula is C96H110Cl5N5O12. The number of methoxy groups -OCH3 is 5.